The average molecular weight is 342 g/mol. The van der Waals surface area contributed by atoms with Gasteiger partial charge in [-0.1, -0.05) is 18.2 Å². The zero-order valence-electron chi connectivity index (χ0n) is 13.8. The number of H-pyrrole nitrogens is 1. The summed E-state index contributed by atoms with van der Waals surface area (Å²) >= 11 is 0. The third-order valence-electron chi connectivity index (χ3n) is 3.87. The Morgan fingerprint density at radius 1 is 1.28 bits per heavy atom. The fraction of sp³-hybridized carbons (Fsp3) is 0.211. The van der Waals surface area contributed by atoms with Crippen molar-refractivity contribution in [3.8, 4) is 5.75 Å². The van der Waals surface area contributed by atoms with Gasteiger partial charge in [-0.25, -0.2) is 4.39 Å². The normalized spacial score (nSPS) is 12.1. The van der Waals surface area contributed by atoms with Crippen LogP contribution in [0.3, 0.4) is 0 Å². The number of amides is 1. The highest BCUT2D eigenvalue weighted by Crippen LogP contribution is 2.22. The topological polar surface area (TPSA) is 74.3 Å². The summed E-state index contributed by atoms with van der Waals surface area (Å²) in [5, 5.41) is 13.5. The number of benzene rings is 2. The van der Waals surface area contributed by atoms with Crippen LogP contribution in [0.4, 0.5) is 4.39 Å². The van der Waals surface area contributed by atoms with Crippen LogP contribution in [0, 0.1) is 5.82 Å². The van der Waals surface area contributed by atoms with E-state index in [0.717, 1.165) is 16.7 Å². The summed E-state index contributed by atoms with van der Waals surface area (Å²) in [7, 11) is 0. The molecule has 0 saturated heterocycles. The van der Waals surface area contributed by atoms with Gasteiger partial charge in [-0.3, -0.25) is 4.79 Å². The number of aromatic nitrogens is 1. The molecule has 1 heterocycles. The van der Waals surface area contributed by atoms with E-state index in [0.29, 0.717) is 12.3 Å². The second-order valence-electron chi connectivity index (χ2n) is 5.61. The first-order valence-corrected chi connectivity index (χ1v) is 8.04. The molecule has 0 spiro atoms. The molecule has 1 atom stereocenters. The Kier molecular flexibility index (Phi) is 5.00. The molecular weight excluding hydrogens is 323 g/mol. The van der Waals surface area contributed by atoms with E-state index >= 15 is 0 Å². The SMILES string of the molecule is CCOc1ccc2cc(C(=O)NCC(O)c3ccccc3F)[nH]c2c1. The first-order valence-electron chi connectivity index (χ1n) is 8.04. The third-order valence-corrected chi connectivity index (χ3v) is 3.87. The summed E-state index contributed by atoms with van der Waals surface area (Å²) < 4.78 is 19.1. The quantitative estimate of drug-likeness (QED) is 0.644. The molecule has 130 valence electrons. The van der Waals surface area contributed by atoms with E-state index < -0.39 is 11.9 Å². The van der Waals surface area contributed by atoms with Crippen molar-refractivity contribution in [3.63, 3.8) is 0 Å². The maximum Gasteiger partial charge on any atom is 0.267 e. The van der Waals surface area contributed by atoms with Gasteiger partial charge < -0.3 is 20.1 Å². The van der Waals surface area contributed by atoms with Crippen molar-refractivity contribution in [3.05, 3.63) is 65.6 Å². The summed E-state index contributed by atoms with van der Waals surface area (Å²) in [6.45, 7) is 2.38. The maximum absolute atomic E-state index is 13.6. The van der Waals surface area contributed by atoms with E-state index in [1.165, 1.54) is 12.1 Å². The summed E-state index contributed by atoms with van der Waals surface area (Å²) in [5.41, 5.74) is 1.30. The van der Waals surface area contributed by atoms with Gasteiger partial charge in [0.2, 0.25) is 0 Å². The lowest BCUT2D eigenvalue weighted by molar-refractivity contribution is 0.0910. The summed E-state index contributed by atoms with van der Waals surface area (Å²) in [4.78, 5) is 15.3. The van der Waals surface area contributed by atoms with Crippen molar-refractivity contribution in [1.82, 2.24) is 10.3 Å². The molecular formula is C19H19FN2O3. The van der Waals surface area contributed by atoms with Crippen LogP contribution < -0.4 is 10.1 Å². The molecule has 0 aliphatic heterocycles. The zero-order chi connectivity index (χ0) is 17.8. The molecule has 0 saturated carbocycles. The molecule has 0 bridgehead atoms. The summed E-state index contributed by atoms with van der Waals surface area (Å²) in [5.74, 6) is -0.151. The monoisotopic (exact) mass is 342 g/mol. The van der Waals surface area contributed by atoms with Gasteiger partial charge in [0.25, 0.3) is 5.91 Å². The number of rotatable bonds is 6. The molecule has 5 nitrogen and oxygen atoms in total. The molecule has 0 aliphatic carbocycles. The van der Waals surface area contributed by atoms with Crippen molar-refractivity contribution in [2.45, 2.75) is 13.0 Å². The summed E-state index contributed by atoms with van der Waals surface area (Å²) in [6, 6.07) is 13.2. The van der Waals surface area contributed by atoms with Crippen LogP contribution in [0.15, 0.2) is 48.5 Å². The number of ether oxygens (including phenoxy) is 1. The Labute approximate surface area is 144 Å². The van der Waals surface area contributed by atoms with Crippen LogP contribution >= 0.6 is 0 Å². The molecule has 2 aromatic carbocycles. The van der Waals surface area contributed by atoms with Crippen LogP contribution in [0.1, 0.15) is 29.1 Å². The van der Waals surface area contributed by atoms with E-state index in [4.69, 9.17) is 4.74 Å². The van der Waals surface area contributed by atoms with Crippen molar-refractivity contribution in [2.75, 3.05) is 13.2 Å². The molecule has 0 radical (unpaired) electrons. The van der Waals surface area contributed by atoms with Crippen molar-refractivity contribution < 1.29 is 19.0 Å². The number of halogens is 1. The second-order valence-corrected chi connectivity index (χ2v) is 5.61. The molecule has 3 N–H and O–H groups in total. The van der Waals surface area contributed by atoms with E-state index in [-0.39, 0.29) is 18.0 Å². The third kappa shape index (κ3) is 3.80. The number of aliphatic hydroxyl groups is 1. The molecule has 1 aromatic heterocycles. The van der Waals surface area contributed by atoms with Crippen LogP contribution in [0.25, 0.3) is 10.9 Å². The summed E-state index contributed by atoms with van der Waals surface area (Å²) in [6.07, 6.45) is -1.11. The Balaban J connectivity index is 1.69. The maximum atomic E-state index is 13.6. The highest BCUT2D eigenvalue weighted by molar-refractivity contribution is 5.98. The number of aromatic amines is 1. The zero-order valence-corrected chi connectivity index (χ0v) is 13.8. The lowest BCUT2D eigenvalue weighted by atomic mass is 10.1. The predicted octanol–water partition coefficient (Wildman–Crippen LogP) is 3.17. The first kappa shape index (κ1) is 17.0. The number of hydrogen-bond donors (Lipinski definition) is 3. The largest absolute Gasteiger partial charge is 0.494 e. The Bertz CT molecular complexity index is 891. The number of carbonyl (C=O) groups is 1. The molecule has 1 amide bonds. The number of nitrogens with one attached hydrogen (secondary N) is 2. The van der Waals surface area contributed by atoms with Gasteiger partial charge in [-0.15, -0.1) is 0 Å². The Morgan fingerprint density at radius 3 is 2.84 bits per heavy atom. The van der Waals surface area contributed by atoms with E-state index in [1.807, 2.05) is 25.1 Å². The number of aliphatic hydroxyl groups excluding tert-OH is 1. The molecule has 0 fully saturated rings. The van der Waals surface area contributed by atoms with Gasteiger partial charge in [0.15, 0.2) is 0 Å². The highest BCUT2D eigenvalue weighted by atomic mass is 19.1. The molecule has 3 aromatic rings. The number of hydrogen-bond acceptors (Lipinski definition) is 3. The molecule has 3 rings (SSSR count). The van der Waals surface area contributed by atoms with Crippen LogP contribution in [-0.2, 0) is 0 Å². The lowest BCUT2D eigenvalue weighted by Crippen LogP contribution is -2.28. The Hall–Kier alpha value is -2.86. The molecule has 6 heteroatoms. The van der Waals surface area contributed by atoms with Crippen molar-refractivity contribution in [1.29, 1.82) is 0 Å². The Morgan fingerprint density at radius 2 is 2.08 bits per heavy atom. The molecule has 25 heavy (non-hydrogen) atoms. The fourth-order valence-corrected chi connectivity index (χ4v) is 2.62. The van der Waals surface area contributed by atoms with Gasteiger partial charge >= 0.3 is 0 Å². The molecule has 0 aliphatic rings. The fourth-order valence-electron chi connectivity index (χ4n) is 2.62. The van der Waals surface area contributed by atoms with Crippen molar-refractivity contribution in [2.24, 2.45) is 0 Å². The minimum Gasteiger partial charge on any atom is -0.494 e. The van der Waals surface area contributed by atoms with Crippen LogP contribution in [0.2, 0.25) is 0 Å². The van der Waals surface area contributed by atoms with E-state index in [2.05, 4.69) is 10.3 Å². The highest BCUT2D eigenvalue weighted by Gasteiger charge is 2.15. The molecule has 1 unspecified atom stereocenters. The van der Waals surface area contributed by atoms with E-state index in [1.54, 1.807) is 18.2 Å². The van der Waals surface area contributed by atoms with Gasteiger partial charge in [-0.2, -0.15) is 0 Å². The second kappa shape index (κ2) is 7.36. The minimum absolute atomic E-state index is 0.0840. The van der Waals surface area contributed by atoms with Gasteiger partial charge in [0.1, 0.15) is 17.3 Å². The standard InChI is InChI=1S/C19H19FN2O3/c1-2-25-13-8-7-12-9-17(22-16(12)10-13)19(24)21-11-18(23)14-5-3-4-6-15(14)20/h3-10,18,22-23H,2,11H2,1H3,(H,21,24). The van der Waals surface area contributed by atoms with Gasteiger partial charge in [0, 0.05) is 29.1 Å². The smallest absolute Gasteiger partial charge is 0.267 e. The number of carbonyl (C=O) groups excluding carboxylic acids is 1. The predicted molar refractivity (Wildman–Crippen MR) is 93.2 cm³/mol. The van der Waals surface area contributed by atoms with E-state index in [9.17, 15) is 14.3 Å². The average Bonchev–Trinajstić information content (AvgIpc) is 3.03. The lowest BCUT2D eigenvalue weighted by Gasteiger charge is -2.12. The minimum atomic E-state index is -1.11. The van der Waals surface area contributed by atoms with Gasteiger partial charge in [-0.05, 0) is 31.2 Å². The number of fused-ring (bicyclic) bond motifs is 1. The first-order chi connectivity index (χ1) is 12.1. The van der Waals surface area contributed by atoms with Crippen LogP contribution in [0.5, 0.6) is 5.75 Å². The van der Waals surface area contributed by atoms with Crippen molar-refractivity contribution >= 4 is 16.8 Å². The van der Waals surface area contributed by atoms with Crippen LogP contribution in [-0.4, -0.2) is 29.1 Å². The van der Waals surface area contributed by atoms with Gasteiger partial charge in [0.05, 0.1) is 12.7 Å².